The van der Waals surface area contributed by atoms with Crippen molar-refractivity contribution in [3.63, 3.8) is 0 Å². The first kappa shape index (κ1) is 10.9. The Hall–Kier alpha value is -3.02. The Morgan fingerprint density at radius 1 is 1.05 bits per heavy atom. The van der Waals surface area contributed by atoms with Crippen LogP contribution in [-0.4, -0.2) is 26.7 Å². The van der Waals surface area contributed by atoms with Crippen LogP contribution in [0.4, 0.5) is 5.69 Å². The zero-order valence-corrected chi connectivity index (χ0v) is 10.2. The normalized spacial score (nSPS) is 13.6. The van der Waals surface area contributed by atoms with Crippen LogP contribution in [0.1, 0.15) is 10.4 Å². The number of aromatic nitrogens is 3. The topological polar surface area (TPSA) is 76.9 Å². The van der Waals surface area contributed by atoms with Crippen molar-refractivity contribution >= 4 is 28.4 Å². The van der Waals surface area contributed by atoms with Crippen LogP contribution in [0.5, 0.6) is 0 Å². The summed E-state index contributed by atoms with van der Waals surface area (Å²) < 4.78 is 1.64. The summed E-state index contributed by atoms with van der Waals surface area (Å²) in [5.74, 6) is -1.12. The summed E-state index contributed by atoms with van der Waals surface area (Å²) >= 11 is 0. The first-order chi connectivity index (χ1) is 9.74. The summed E-state index contributed by atoms with van der Waals surface area (Å²) in [5.41, 5.74) is 3.22. The molecule has 0 fully saturated rings. The third-order valence-electron chi connectivity index (χ3n) is 3.30. The van der Waals surface area contributed by atoms with Crippen molar-refractivity contribution in [1.82, 2.24) is 15.0 Å². The molecule has 6 nitrogen and oxygen atoms in total. The number of nitrogens with zero attached hydrogens (tertiary/aromatic N) is 3. The maximum atomic E-state index is 11.7. The summed E-state index contributed by atoms with van der Waals surface area (Å²) in [6.45, 7) is 0. The predicted molar refractivity (Wildman–Crippen MR) is 71.8 cm³/mol. The molecule has 0 bridgehead atoms. The summed E-state index contributed by atoms with van der Waals surface area (Å²) in [6.07, 6.45) is 0. The number of anilines is 1. The largest absolute Gasteiger partial charge is 0.318 e. The van der Waals surface area contributed by atoms with Crippen molar-refractivity contribution in [3.05, 3.63) is 48.0 Å². The molecule has 4 rings (SSSR count). The molecule has 1 aliphatic heterocycles. The molecule has 0 spiro atoms. The molecule has 0 radical (unpaired) electrons. The van der Waals surface area contributed by atoms with E-state index in [9.17, 15) is 9.59 Å². The van der Waals surface area contributed by atoms with Gasteiger partial charge in [-0.25, -0.2) is 4.68 Å². The molecule has 20 heavy (non-hydrogen) atoms. The number of benzene rings is 2. The molecule has 2 heterocycles. The monoisotopic (exact) mass is 264 g/mol. The molecule has 3 aromatic rings. The molecule has 0 unspecified atom stereocenters. The number of fused-ring (bicyclic) bond motifs is 2. The summed E-state index contributed by atoms with van der Waals surface area (Å²) in [5, 5.41) is 10.7. The highest BCUT2D eigenvalue weighted by Crippen LogP contribution is 2.26. The van der Waals surface area contributed by atoms with Crippen LogP contribution in [0.3, 0.4) is 0 Å². The molecule has 0 atom stereocenters. The number of nitrogens with one attached hydrogen (secondary N) is 1. The molecule has 0 saturated heterocycles. The van der Waals surface area contributed by atoms with E-state index >= 15 is 0 Å². The number of ketones is 1. The molecule has 0 aliphatic carbocycles. The predicted octanol–water partition coefficient (Wildman–Crippen LogP) is 1.56. The number of hydrogen-bond acceptors (Lipinski definition) is 4. The number of Topliss-reactive ketones (excluding diaryl/α,β-unsaturated/α-hetero) is 1. The zero-order valence-electron chi connectivity index (χ0n) is 10.2. The number of carbonyl (C=O) groups excluding carboxylic acids is 2. The van der Waals surface area contributed by atoms with E-state index in [0.29, 0.717) is 16.9 Å². The average Bonchev–Trinajstić information content (AvgIpc) is 3.01. The lowest BCUT2D eigenvalue weighted by Gasteiger charge is -2.04. The van der Waals surface area contributed by atoms with Crippen molar-refractivity contribution in [2.75, 3.05) is 5.32 Å². The number of rotatable bonds is 1. The second kappa shape index (κ2) is 3.74. The summed E-state index contributed by atoms with van der Waals surface area (Å²) in [7, 11) is 0. The third kappa shape index (κ3) is 1.38. The van der Waals surface area contributed by atoms with Gasteiger partial charge in [0.25, 0.3) is 11.7 Å². The van der Waals surface area contributed by atoms with Gasteiger partial charge in [0.1, 0.15) is 5.52 Å². The lowest BCUT2D eigenvalue weighted by Crippen LogP contribution is -2.12. The van der Waals surface area contributed by atoms with E-state index in [-0.39, 0.29) is 0 Å². The SMILES string of the molecule is O=C1Nc2ccc(-n3nnc4ccccc43)cc2C1=O. The maximum Gasteiger partial charge on any atom is 0.296 e. The van der Waals surface area contributed by atoms with Gasteiger partial charge in [0.05, 0.1) is 22.5 Å². The van der Waals surface area contributed by atoms with Crippen LogP contribution in [0, 0.1) is 0 Å². The summed E-state index contributed by atoms with van der Waals surface area (Å²) in [6, 6.07) is 12.7. The highest BCUT2D eigenvalue weighted by molar-refractivity contribution is 6.51. The molecule has 0 saturated carbocycles. The standard InChI is InChI=1S/C14H8N4O2/c19-13-9-7-8(5-6-10(9)15-14(13)20)18-12-4-2-1-3-11(12)16-17-18/h1-7H,(H,15,19,20). The molecule has 6 heteroatoms. The Labute approximate surface area is 113 Å². The van der Waals surface area contributed by atoms with Gasteiger partial charge in [0.15, 0.2) is 0 Å². The van der Waals surface area contributed by atoms with Gasteiger partial charge in [-0.3, -0.25) is 9.59 Å². The van der Waals surface area contributed by atoms with Crippen molar-refractivity contribution in [2.24, 2.45) is 0 Å². The van der Waals surface area contributed by atoms with Crippen molar-refractivity contribution in [2.45, 2.75) is 0 Å². The van der Waals surface area contributed by atoms with E-state index in [1.165, 1.54) is 0 Å². The van der Waals surface area contributed by atoms with Gasteiger partial charge in [0, 0.05) is 0 Å². The van der Waals surface area contributed by atoms with E-state index in [1.807, 2.05) is 24.3 Å². The number of para-hydroxylation sites is 1. The fraction of sp³-hybridized carbons (Fsp3) is 0. The fourth-order valence-electron chi connectivity index (χ4n) is 2.32. The highest BCUT2D eigenvalue weighted by atomic mass is 16.2. The van der Waals surface area contributed by atoms with Crippen LogP contribution in [0.25, 0.3) is 16.7 Å². The zero-order chi connectivity index (χ0) is 13.7. The lowest BCUT2D eigenvalue weighted by molar-refractivity contribution is -0.112. The van der Waals surface area contributed by atoms with Crippen LogP contribution in [-0.2, 0) is 4.79 Å². The van der Waals surface area contributed by atoms with E-state index in [4.69, 9.17) is 0 Å². The quantitative estimate of drug-likeness (QED) is 0.676. The first-order valence-electron chi connectivity index (χ1n) is 6.04. The van der Waals surface area contributed by atoms with Crippen LogP contribution < -0.4 is 5.32 Å². The van der Waals surface area contributed by atoms with Gasteiger partial charge >= 0.3 is 0 Å². The number of hydrogen-bond donors (Lipinski definition) is 1. The fourth-order valence-corrected chi connectivity index (χ4v) is 2.32. The molecule has 96 valence electrons. The minimum Gasteiger partial charge on any atom is -0.318 e. The Morgan fingerprint density at radius 2 is 1.90 bits per heavy atom. The van der Waals surface area contributed by atoms with E-state index < -0.39 is 11.7 Å². The van der Waals surface area contributed by atoms with Crippen LogP contribution in [0.15, 0.2) is 42.5 Å². The summed E-state index contributed by atoms with van der Waals surface area (Å²) in [4.78, 5) is 23.1. The average molecular weight is 264 g/mol. The number of amides is 1. The lowest BCUT2D eigenvalue weighted by atomic mass is 10.1. The Morgan fingerprint density at radius 3 is 2.80 bits per heavy atom. The van der Waals surface area contributed by atoms with Gasteiger partial charge in [-0.15, -0.1) is 5.10 Å². The van der Waals surface area contributed by atoms with Gasteiger partial charge in [-0.1, -0.05) is 17.3 Å². The van der Waals surface area contributed by atoms with Gasteiger partial charge < -0.3 is 5.32 Å². The minimum atomic E-state index is -0.597. The van der Waals surface area contributed by atoms with E-state index in [1.54, 1.807) is 22.9 Å². The number of carbonyl (C=O) groups is 2. The Bertz CT molecular complexity index is 882. The van der Waals surface area contributed by atoms with Crippen molar-refractivity contribution in [1.29, 1.82) is 0 Å². The highest BCUT2D eigenvalue weighted by Gasteiger charge is 2.28. The molecule has 1 N–H and O–H groups in total. The molecule has 2 aromatic carbocycles. The molecule has 1 aliphatic rings. The van der Waals surface area contributed by atoms with E-state index in [0.717, 1.165) is 11.0 Å². The van der Waals surface area contributed by atoms with Crippen LogP contribution in [0.2, 0.25) is 0 Å². The molecule has 1 aromatic heterocycles. The molecule has 1 amide bonds. The van der Waals surface area contributed by atoms with Crippen molar-refractivity contribution < 1.29 is 9.59 Å². The van der Waals surface area contributed by atoms with Gasteiger partial charge in [-0.2, -0.15) is 0 Å². The molecular weight excluding hydrogens is 256 g/mol. The first-order valence-corrected chi connectivity index (χ1v) is 6.04. The van der Waals surface area contributed by atoms with Gasteiger partial charge in [-0.05, 0) is 30.3 Å². The Kier molecular flexibility index (Phi) is 2.03. The van der Waals surface area contributed by atoms with Crippen molar-refractivity contribution in [3.8, 4) is 5.69 Å². The van der Waals surface area contributed by atoms with E-state index in [2.05, 4.69) is 15.6 Å². The second-order valence-electron chi connectivity index (χ2n) is 4.50. The molecular formula is C14H8N4O2. The third-order valence-corrected chi connectivity index (χ3v) is 3.30. The maximum absolute atomic E-state index is 11.7. The Balaban J connectivity index is 1.92. The second-order valence-corrected chi connectivity index (χ2v) is 4.50. The van der Waals surface area contributed by atoms with Crippen LogP contribution >= 0.6 is 0 Å². The smallest absolute Gasteiger partial charge is 0.296 e. The van der Waals surface area contributed by atoms with Gasteiger partial charge in [0.2, 0.25) is 0 Å². The minimum absolute atomic E-state index is 0.368.